The van der Waals surface area contributed by atoms with Gasteiger partial charge in [0.2, 0.25) is 0 Å². The second kappa shape index (κ2) is 17.9. The first kappa shape index (κ1) is 29.1. The van der Waals surface area contributed by atoms with Crippen LogP contribution in [-0.4, -0.2) is 72.1 Å². The molecule has 0 spiro atoms. The van der Waals surface area contributed by atoms with Crippen LogP contribution < -0.4 is 5.32 Å². The van der Waals surface area contributed by atoms with Gasteiger partial charge in [0.1, 0.15) is 6.61 Å². The van der Waals surface area contributed by atoms with Crippen molar-refractivity contribution in [2.24, 2.45) is 0 Å². The van der Waals surface area contributed by atoms with Crippen LogP contribution in [0.3, 0.4) is 0 Å². The third-order valence-electron chi connectivity index (χ3n) is 6.34. The Labute approximate surface area is 221 Å². The van der Waals surface area contributed by atoms with Gasteiger partial charge in [-0.25, -0.2) is 4.79 Å². The molecule has 7 heteroatoms. The number of unbranched alkanes of at least 4 members (excludes halogenated alkanes) is 3. The van der Waals surface area contributed by atoms with Gasteiger partial charge >= 0.3 is 6.09 Å². The molecule has 0 saturated carbocycles. The Balaban J connectivity index is 1.12. The molecule has 0 unspecified atom stereocenters. The van der Waals surface area contributed by atoms with Gasteiger partial charge in [-0.3, -0.25) is 0 Å². The predicted molar refractivity (Wildman–Crippen MR) is 145 cm³/mol. The Kier molecular flexibility index (Phi) is 14.1. The lowest BCUT2D eigenvalue weighted by Gasteiger charge is -2.14. The Bertz CT molecular complexity index is 860. The van der Waals surface area contributed by atoms with Crippen LogP contribution in [0.15, 0.2) is 48.5 Å². The molecule has 1 aliphatic carbocycles. The van der Waals surface area contributed by atoms with Gasteiger partial charge in [-0.15, -0.1) is 0 Å². The highest BCUT2D eigenvalue weighted by atomic mass is 16.6. The van der Waals surface area contributed by atoms with E-state index in [0.717, 1.165) is 13.0 Å². The third-order valence-corrected chi connectivity index (χ3v) is 6.34. The van der Waals surface area contributed by atoms with E-state index in [4.69, 9.17) is 23.7 Å². The zero-order valence-electron chi connectivity index (χ0n) is 22.3. The number of carbonyl (C=O) groups is 1. The van der Waals surface area contributed by atoms with Crippen molar-refractivity contribution in [2.45, 2.75) is 44.9 Å². The molecule has 2 aromatic rings. The van der Waals surface area contributed by atoms with E-state index in [1.54, 1.807) is 0 Å². The average molecular weight is 514 g/mol. The minimum Gasteiger partial charge on any atom is -0.449 e. The van der Waals surface area contributed by atoms with Crippen molar-refractivity contribution >= 4 is 6.09 Å². The molecule has 0 aromatic heterocycles. The van der Waals surface area contributed by atoms with Gasteiger partial charge in [0.05, 0.1) is 39.6 Å². The molecule has 1 N–H and O–H groups in total. The Hall–Kier alpha value is -2.45. The van der Waals surface area contributed by atoms with E-state index in [-0.39, 0.29) is 5.92 Å². The maximum absolute atomic E-state index is 12.2. The second-order valence-corrected chi connectivity index (χ2v) is 9.12. The predicted octanol–water partition coefficient (Wildman–Crippen LogP) is 5.56. The highest BCUT2D eigenvalue weighted by Gasteiger charge is 2.28. The first-order chi connectivity index (χ1) is 18.3. The van der Waals surface area contributed by atoms with Gasteiger partial charge < -0.3 is 29.0 Å². The van der Waals surface area contributed by atoms with Gasteiger partial charge in [0.25, 0.3) is 0 Å². The van der Waals surface area contributed by atoms with E-state index < -0.39 is 6.09 Å². The molecule has 0 atom stereocenters. The van der Waals surface area contributed by atoms with E-state index in [2.05, 4.69) is 36.5 Å². The van der Waals surface area contributed by atoms with Crippen molar-refractivity contribution in [3.8, 4) is 11.1 Å². The highest BCUT2D eigenvalue weighted by Crippen LogP contribution is 2.44. The van der Waals surface area contributed by atoms with E-state index in [1.165, 1.54) is 41.5 Å². The molecule has 7 nitrogen and oxygen atoms in total. The van der Waals surface area contributed by atoms with Crippen LogP contribution in [0.4, 0.5) is 4.79 Å². The fourth-order valence-electron chi connectivity index (χ4n) is 4.41. The Morgan fingerprint density at radius 1 is 0.676 bits per heavy atom. The van der Waals surface area contributed by atoms with Crippen molar-refractivity contribution in [1.82, 2.24) is 5.32 Å². The molecule has 37 heavy (non-hydrogen) atoms. The first-order valence-corrected chi connectivity index (χ1v) is 13.7. The van der Waals surface area contributed by atoms with E-state index in [0.29, 0.717) is 65.8 Å². The normalized spacial score (nSPS) is 12.4. The first-order valence-electron chi connectivity index (χ1n) is 13.7. The molecule has 2 aromatic carbocycles. The number of carbonyl (C=O) groups excluding carboxylic acids is 1. The number of amides is 1. The minimum atomic E-state index is -0.396. The topological polar surface area (TPSA) is 75.3 Å². The van der Waals surface area contributed by atoms with E-state index in [9.17, 15) is 4.79 Å². The number of hydrogen-bond acceptors (Lipinski definition) is 6. The summed E-state index contributed by atoms with van der Waals surface area (Å²) in [5, 5.41) is 2.81. The number of nitrogens with one attached hydrogen (secondary N) is 1. The fourth-order valence-corrected chi connectivity index (χ4v) is 4.41. The van der Waals surface area contributed by atoms with Gasteiger partial charge in [-0.05, 0) is 35.1 Å². The molecule has 0 bridgehead atoms. The number of fused-ring (bicyclic) bond motifs is 3. The zero-order chi connectivity index (χ0) is 26.0. The van der Waals surface area contributed by atoms with Crippen molar-refractivity contribution in [1.29, 1.82) is 0 Å². The monoisotopic (exact) mass is 513 g/mol. The molecule has 0 aliphatic heterocycles. The number of benzene rings is 2. The van der Waals surface area contributed by atoms with Crippen molar-refractivity contribution in [3.63, 3.8) is 0 Å². The van der Waals surface area contributed by atoms with Gasteiger partial charge in [0, 0.05) is 25.7 Å². The quantitative estimate of drug-likeness (QED) is 0.234. The second-order valence-electron chi connectivity index (χ2n) is 9.12. The summed E-state index contributed by atoms with van der Waals surface area (Å²) in [5.74, 6) is 0.0699. The minimum absolute atomic E-state index is 0.0699. The largest absolute Gasteiger partial charge is 0.449 e. The number of alkyl carbamates (subject to hydrolysis) is 1. The van der Waals surface area contributed by atoms with Crippen LogP contribution in [0.25, 0.3) is 11.1 Å². The zero-order valence-corrected chi connectivity index (χ0v) is 22.3. The summed E-state index contributed by atoms with van der Waals surface area (Å²) >= 11 is 0. The van der Waals surface area contributed by atoms with Crippen molar-refractivity contribution < 1.29 is 28.5 Å². The molecule has 0 heterocycles. The average Bonchev–Trinajstić information content (AvgIpc) is 3.25. The molecular formula is C30H43NO6. The van der Waals surface area contributed by atoms with Crippen LogP contribution in [-0.2, 0) is 23.7 Å². The Morgan fingerprint density at radius 3 is 1.76 bits per heavy atom. The van der Waals surface area contributed by atoms with Crippen LogP contribution >= 0.6 is 0 Å². The molecule has 0 radical (unpaired) electrons. The lowest BCUT2D eigenvalue weighted by molar-refractivity contribution is -0.00231. The van der Waals surface area contributed by atoms with Gasteiger partial charge in [-0.2, -0.15) is 0 Å². The van der Waals surface area contributed by atoms with Crippen molar-refractivity contribution in [3.05, 3.63) is 59.7 Å². The van der Waals surface area contributed by atoms with Crippen LogP contribution in [0, 0.1) is 0 Å². The van der Waals surface area contributed by atoms with Crippen molar-refractivity contribution in [2.75, 3.05) is 66.0 Å². The maximum Gasteiger partial charge on any atom is 0.407 e. The molecule has 204 valence electrons. The van der Waals surface area contributed by atoms with E-state index >= 15 is 0 Å². The van der Waals surface area contributed by atoms with Crippen LogP contribution in [0.5, 0.6) is 0 Å². The summed E-state index contributed by atoms with van der Waals surface area (Å²) < 4.78 is 27.6. The third kappa shape index (κ3) is 10.4. The van der Waals surface area contributed by atoms with Crippen LogP contribution in [0.2, 0.25) is 0 Å². The van der Waals surface area contributed by atoms with E-state index in [1.807, 2.05) is 24.3 Å². The summed E-state index contributed by atoms with van der Waals surface area (Å²) in [6.07, 6.45) is 5.21. The summed E-state index contributed by atoms with van der Waals surface area (Å²) in [5.41, 5.74) is 4.86. The number of rotatable bonds is 20. The number of hydrogen-bond donors (Lipinski definition) is 1. The fraction of sp³-hybridized carbons (Fsp3) is 0.567. The standard InChI is InChI=1S/C30H43NO6/c1-2-3-4-9-16-33-18-20-35-22-23-36-21-19-34-17-10-15-31-30(32)37-24-29-27-13-7-5-11-25(27)26-12-6-8-14-28(26)29/h5-8,11-14,29H,2-4,9-10,15-24H2,1H3,(H,31,32). The summed E-state index contributed by atoms with van der Waals surface area (Å²) in [6, 6.07) is 16.6. The lowest BCUT2D eigenvalue weighted by atomic mass is 9.98. The lowest BCUT2D eigenvalue weighted by Crippen LogP contribution is -2.27. The molecule has 1 aliphatic rings. The summed E-state index contributed by atoms with van der Waals surface area (Å²) in [6.45, 7) is 7.80. The van der Waals surface area contributed by atoms with Gasteiger partial charge in [-0.1, -0.05) is 74.7 Å². The van der Waals surface area contributed by atoms with Crippen LogP contribution in [0.1, 0.15) is 56.1 Å². The molecular weight excluding hydrogens is 470 g/mol. The molecule has 1 amide bonds. The molecule has 0 fully saturated rings. The highest BCUT2D eigenvalue weighted by molar-refractivity contribution is 5.79. The Morgan fingerprint density at radius 2 is 1.19 bits per heavy atom. The number of ether oxygens (including phenoxy) is 5. The van der Waals surface area contributed by atoms with Gasteiger partial charge in [0.15, 0.2) is 0 Å². The summed E-state index contributed by atoms with van der Waals surface area (Å²) in [7, 11) is 0. The molecule has 3 rings (SSSR count). The maximum atomic E-state index is 12.2. The molecule has 0 saturated heterocycles. The summed E-state index contributed by atoms with van der Waals surface area (Å²) in [4.78, 5) is 12.2. The smallest absolute Gasteiger partial charge is 0.407 e. The SMILES string of the molecule is CCCCCCOCCOCCOCCOCCCNC(=O)OCC1c2ccccc2-c2ccccc21.